The Kier molecular flexibility index (Phi) is 4.83. The second-order valence-corrected chi connectivity index (χ2v) is 6.54. The van der Waals surface area contributed by atoms with E-state index in [1.54, 1.807) is 21.9 Å². The number of nitrogens with zero attached hydrogens (tertiary/aromatic N) is 2. The van der Waals surface area contributed by atoms with Gasteiger partial charge in [-0.2, -0.15) is 0 Å². The molecule has 1 aromatic carbocycles. The van der Waals surface area contributed by atoms with Gasteiger partial charge in [-0.3, -0.25) is 14.4 Å². The van der Waals surface area contributed by atoms with Crippen molar-refractivity contribution in [3.05, 3.63) is 29.8 Å². The summed E-state index contributed by atoms with van der Waals surface area (Å²) in [6.45, 7) is 1.77. The largest absolute Gasteiger partial charge is 0.369 e. The van der Waals surface area contributed by atoms with E-state index in [-0.39, 0.29) is 23.6 Å². The van der Waals surface area contributed by atoms with Crippen LogP contribution in [-0.2, 0) is 9.59 Å². The summed E-state index contributed by atoms with van der Waals surface area (Å²) in [5.74, 6) is -0.544. The van der Waals surface area contributed by atoms with E-state index in [9.17, 15) is 14.4 Å². The zero-order valence-corrected chi connectivity index (χ0v) is 13.7. The first-order valence-corrected chi connectivity index (χ1v) is 8.55. The predicted octanol–water partition coefficient (Wildman–Crippen LogP) is 1.54. The Hall–Kier alpha value is -2.37. The minimum Gasteiger partial charge on any atom is -0.369 e. The van der Waals surface area contributed by atoms with Gasteiger partial charge < -0.3 is 15.5 Å². The maximum absolute atomic E-state index is 12.6. The monoisotopic (exact) mass is 329 g/mol. The average molecular weight is 329 g/mol. The number of hydrogen-bond donors (Lipinski definition) is 1. The fourth-order valence-electron chi connectivity index (χ4n) is 3.44. The molecule has 2 heterocycles. The SMILES string of the molecule is NC(=O)C1CCCN(C(=O)c2ccc(N3CCCCC3=O)cc2)C1. The summed E-state index contributed by atoms with van der Waals surface area (Å²) >= 11 is 0. The van der Waals surface area contributed by atoms with E-state index in [0.717, 1.165) is 37.9 Å². The Balaban J connectivity index is 1.69. The van der Waals surface area contributed by atoms with Crippen LogP contribution in [-0.4, -0.2) is 42.3 Å². The molecule has 0 aliphatic carbocycles. The van der Waals surface area contributed by atoms with Crippen LogP contribution in [0.1, 0.15) is 42.5 Å². The number of nitrogens with two attached hydrogens (primary N) is 1. The number of anilines is 1. The van der Waals surface area contributed by atoms with Crippen LogP contribution in [0.25, 0.3) is 0 Å². The molecule has 2 N–H and O–H groups in total. The Morgan fingerprint density at radius 3 is 2.46 bits per heavy atom. The molecule has 1 unspecified atom stereocenters. The molecule has 0 spiro atoms. The molecule has 1 aromatic rings. The fraction of sp³-hybridized carbons (Fsp3) is 0.500. The van der Waals surface area contributed by atoms with Crippen LogP contribution in [0.2, 0.25) is 0 Å². The number of hydrogen-bond acceptors (Lipinski definition) is 3. The zero-order valence-electron chi connectivity index (χ0n) is 13.7. The van der Waals surface area contributed by atoms with Crippen LogP contribution in [0.5, 0.6) is 0 Å². The summed E-state index contributed by atoms with van der Waals surface area (Å²) in [5, 5.41) is 0. The van der Waals surface area contributed by atoms with Gasteiger partial charge in [-0.1, -0.05) is 0 Å². The first kappa shape index (κ1) is 16.5. The molecule has 0 saturated carbocycles. The van der Waals surface area contributed by atoms with Crippen LogP contribution >= 0.6 is 0 Å². The van der Waals surface area contributed by atoms with Crippen molar-refractivity contribution >= 4 is 23.4 Å². The van der Waals surface area contributed by atoms with Gasteiger partial charge in [0, 0.05) is 37.3 Å². The van der Waals surface area contributed by atoms with Gasteiger partial charge in [0.2, 0.25) is 11.8 Å². The van der Waals surface area contributed by atoms with Gasteiger partial charge in [-0.15, -0.1) is 0 Å². The molecule has 2 saturated heterocycles. The second-order valence-electron chi connectivity index (χ2n) is 6.54. The van der Waals surface area contributed by atoms with Gasteiger partial charge in [0.15, 0.2) is 0 Å². The van der Waals surface area contributed by atoms with E-state index in [1.165, 1.54) is 0 Å². The lowest BCUT2D eigenvalue weighted by Crippen LogP contribution is -2.44. The average Bonchev–Trinajstić information content (AvgIpc) is 2.62. The molecule has 3 amide bonds. The molecule has 1 atom stereocenters. The highest BCUT2D eigenvalue weighted by atomic mass is 16.2. The molecule has 24 heavy (non-hydrogen) atoms. The van der Waals surface area contributed by atoms with Crippen molar-refractivity contribution in [1.29, 1.82) is 0 Å². The van der Waals surface area contributed by atoms with Crippen molar-refractivity contribution in [2.45, 2.75) is 32.1 Å². The van der Waals surface area contributed by atoms with E-state index < -0.39 is 0 Å². The first-order chi connectivity index (χ1) is 11.6. The Labute approximate surface area is 141 Å². The van der Waals surface area contributed by atoms with E-state index in [0.29, 0.717) is 25.1 Å². The summed E-state index contributed by atoms with van der Waals surface area (Å²) in [6.07, 6.45) is 4.08. The fourth-order valence-corrected chi connectivity index (χ4v) is 3.44. The number of carbonyl (C=O) groups is 3. The standard InChI is InChI=1S/C18H23N3O3/c19-17(23)14-4-3-10-20(12-14)18(24)13-6-8-15(9-7-13)21-11-2-1-5-16(21)22/h6-9,14H,1-5,10-12H2,(H2,19,23). The molecule has 0 radical (unpaired) electrons. The topological polar surface area (TPSA) is 83.7 Å². The number of benzene rings is 1. The van der Waals surface area contributed by atoms with Crippen LogP contribution in [0.3, 0.4) is 0 Å². The normalized spacial score (nSPS) is 21.7. The molecule has 0 aromatic heterocycles. The summed E-state index contributed by atoms with van der Waals surface area (Å²) in [4.78, 5) is 39.4. The van der Waals surface area contributed by atoms with Crippen molar-refractivity contribution < 1.29 is 14.4 Å². The van der Waals surface area contributed by atoms with Gasteiger partial charge in [0.05, 0.1) is 5.92 Å². The first-order valence-electron chi connectivity index (χ1n) is 8.55. The molecule has 2 aliphatic heterocycles. The molecule has 2 aliphatic rings. The summed E-state index contributed by atoms with van der Waals surface area (Å²) in [5.41, 5.74) is 6.78. The molecular formula is C18H23N3O3. The second kappa shape index (κ2) is 7.03. The number of likely N-dealkylation sites (tertiary alicyclic amines) is 1. The number of amides is 3. The number of rotatable bonds is 3. The highest BCUT2D eigenvalue weighted by Gasteiger charge is 2.27. The van der Waals surface area contributed by atoms with Gasteiger partial charge in [0.1, 0.15) is 0 Å². The highest BCUT2D eigenvalue weighted by molar-refractivity contribution is 5.97. The van der Waals surface area contributed by atoms with Gasteiger partial charge in [-0.25, -0.2) is 0 Å². The van der Waals surface area contributed by atoms with E-state index in [2.05, 4.69) is 0 Å². The van der Waals surface area contributed by atoms with Crippen molar-refractivity contribution in [2.24, 2.45) is 11.7 Å². The number of primary amides is 1. The minimum absolute atomic E-state index is 0.0857. The lowest BCUT2D eigenvalue weighted by molar-refractivity contribution is -0.123. The predicted molar refractivity (Wildman–Crippen MR) is 90.5 cm³/mol. The van der Waals surface area contributed by atoms with Crippen LogP contribution in [0.15, 0.2) is 24.3 Å². The Morgan fingerprint density at radius 2 is 1.79 bits per heavy atom. The molecule has 6 heteroatoms. The minimum atomic E-state index is -0.341. The summed E-state index contributed by atoms with van der Waals surface area (Å²) in [6, 6.07) is 7.17. The molecule has 128 valence electrons. The lowest BCUT2D eigenvalue weighted by Gasteiger charge is -2.31. The lowest BCUT2D eigenvalue weighted by atomic mass is 9.97. The van der Waals surface area contributed by atoms with Gasteiger partial charge in [-0.05, 0) is 49.9 Å². The Bertz CT molecular complexity index is 641. The van der Waals surface area contributed by atoms with Crippen molar-refractivity contribution in [2.75, 3.05) is 24.5 Å². The van der Waals surface area contributed by atoms with E-state index in [4.69, 9.17) is 5.73 Å². The van der Waals surface area contributed by atoms with Crippen molar-refractivity contribution in [3.63, 3.8) is 0 Å². The van der Waals surface area contributed by atoms with Gasteiger partial charge in [0.25, 0.3) is 5.91 Å². The molecule has 2 fully saturated rings. The maximum Gasteiger partial charge on any atom is 0.253 e. The van der Waals surface area contributed by atoms with Crippen LogP contribution < -0.4 is 10.6 Å². The number of piperidine rings is 2. The number of carbonyl (C=O) groups excluding carboxylic acids is 3. The quantitative estimate of drug-likeness (QED) is 0.913. The third-order valence-corrected chi connectivity index (χ3v) is 4.86. The molecular weight excluding hydrogens is 306 g/mol. The third kappa shape index (κ3) is 3.42. The molecule has 3 rings (SSSR count). The van der Waals surface area contributed by atoms with Crippen molar-refractivity contribution in [1.82, 2.24) is 4.90 Å². The zero-order chi connectivity index (χ0) is 17.1. The van der Waals surface area contributed by atoms with E-state index >= 15 is 0 Å². The maximum atomic E-state index is 12.6. The smallest absolute Gasteiger partial charge is 0.253 e. The Morgan fingerprint density at radius 1 is 1.04 bits per heavy atom. The summed E-state index contributed by atoms with van der Waals surface area (Å²) in [7, 11) is 0. The van der Waals surface area contributed by atoms with Gasteiger partial charge >= 0.3 is 0 Å². The van der Waals surface area contributed by atoms with Crippen molar-refractivity contribution in [3.8, 4) is 0 Å². The molecule has 6 nitrogen and oxygen atoms in total. The van der Waals surface area contributed by atoms with Crippen LogP contribution in [0, 0.1) is 5.92 Å². The van der Waals surface area contributed by atoms with E-state index in [1.807, 2.05) is 12.1 Å². The molecule has 0 bridgehead atoms. The van der Waals surface area contributed by atoms with Crippen LogP contribution in [0.4, 0.5) is 5.69 Å². The highest BCUT2D eigenvalue weighted by Crippen LogP contribution is 2.23. The summed E-state index contributed by atoms with van der Waals surface area (Å²) < 4.78 is 0. The third-order valence-electron chi connectivity index (χ3n) is 4.86.